The third kappa shape index (κ3) is 2.59. The van der Waals surface area contributed by atoms with Gasteiger partial charge in [0.15, 0.2) is 0 Å². The minimum absolute atomic E-state index is 0.182. The van der Waals surface area contributed by atoms with Crippen LogP contribution in [-0.4, -0.2) is 25.9 Å². The molecule has 4 atom stereocenters. The van der Waals surface area contributed by atoms with Gasteiger partial charge in [0, 0.05) is 10.3 Å². The highest BCUT2D eigenvalue weighted by Crippen LogP contribution is 2.60. The van der Waals surface area contributed by atoms with Crippen molar-refractivity contribution in [1.82, 2.24) is 4.98 Å². The molecule has 0 amide bonds. The van der Waals surface area contributed by atoms with Gasteiger partial charge < -0.3 is 15.3 Å². The van der Waals surface area contributed by atoms with Crippen LogP contribution >= 0.6 is 11.3 Å². The Balaban J connectivity index is 1.83. The molecule has 0 spiro atoms. The minimum atomic E-state index is -1.32. The number of benzene rings is 1. The first-order valence-electron chi connectivity index (χ1n) is 9.84. The molecular weight excluding hydrogens is 358 g/mol. The standard InChI is InChI=1S/C22H29NO3S/c1-5-21-12-20(4,25)22(26,19-23-13(2)14(3)27-19)11-16(21)7-6-15-10-17(24)8-9-18(15)21/h8-10,16,24-26H,5-7,11-12H2,1-4H3/t16-,20?,21?,22?/m1/s1. The van der Waals surface area contributed by atoms with Gasteiger partial charge in [-0.05, 0) is 82.1 Å². The Morgan fingerprint density at radius 2 is 2.00 bits per heavy atom. The molecule has 1 heterocycles. The van der Waals surface area contributed by atoms with Gasteiger partial charge in [0.05, 0.1) is 11.3 Å². The number of aromatic hydroxyl groups is 1. The maximum Gasteiger partial charge on any atom is 0.144 e. The lowest BCUT2D eigenvalue weighted by atomic mass is 9.49. The summed E-state index contributed by atoms with van der Waals surface area (Å²) in [5.41, 5.74) is 0.550. The third-order valence-electron chi connectivity index (χ3n) is 7.27. The maximum absolute atomic E-state index is 11.7. The number of rotatable bonds is 2. The van der Waals surface area contributed by atoms with Gasteiger partial charge in [-0.1, -0.05) is 13.0 Å². The van der Waals surface area contributed by atoms with Gasteiger partial charge in [-0.3, -0.25) is 0 Å². The molecule has 3 N–H and O–H groups in total. The number of hydrogen-bond acceptors (Lipinski definition) is 5. The molecule has 0 radical (unpaired) electrons. The number of phenolic OH excluding ortho intramolecular Hbond substituents is 1. The van der Waals surface area contributed by atoms with Crippen molar-refractivity contribution in [2.24, 2.45) is 5.92 Å². The Labute approximate surface area is 164 Å². The van der Waals surface area contributed by atoms with Crippen molar-refractivity contribution >= 4 is 11.3 Å². The molecule has 2 aromatic rings. The number of hydrogen-bond donors (Lipinski definition) is 3. The van der Waals surface area contributed by atoms with Crippen molar-refractivity contribution in [2.45, 2.75) is 76.4 Å². The Kier molecular flexibility index (Phi) is 4.22. The summed E-state index contributed by atoms with van der Waals surface area (Å²) >= 11 is 1.50. The first-order chi connectivity index (χ1) is 12.6. The average Bonchev–Trinajstić information content (AvgIpc) is 2.95. The summed E-state index contributed by atoms with van der Waals surface area (Å²) in [5.74, 6) is 0.570. The lowest BCUT2D eigenvalue weighted by Gasteiger charge is -2.58. The minimum Gasteiger partial charge on any atom is -0.508 e. The summed E-state index contributed by atoms with van der Waals surface area (Å²) in [6.07, 6.45) is 3.75. The van der Waals surface area contributed by atoms with E-state index >= 15 is 0 Å². The normalized spacial score (nSPS) is 35.6. The van der Waals surface area contributed by atoms with Gasteiger partial charge in [-0.25, -0.2) is 4.98 Å². The quantitative estimate of drug-likeness (QED) is 0.725. The monoisotopic (exact) mass is 387 g/mol. The van der Waals surface area contributed by atoms with Crippen LogP contribution in [0.4, 0.5) is 0 Å². The van der Waals surface area contributed by atoms with Crippen LogP contribution in [0.1, 0.15) is 66.2 Å². The molecule has 2 aliphatic rings. The second-order valence-corrected chi connectivity index (χ2v) is 9.97. The van der Waals surface area contributed by atoms with Crippen molar-refractivity contribution in [1.29, 1.82) is 0 Å². The van der Waals surface area contributed by atoms with E-state index in [4.69, 9.17) is 0 Å². The number of nitrogens with zero attached hydrogens (tertiary/aromatic N) is 1. The van der Waals surface area contributed by atoms with Crippen molar-refractivity contribution in [3.8, 4) is 5.75 Å². The zero-order valence-corrected chi connectivity index (χ0v) is 17.4. The van der Waals surface area contributed by atoms with E-state index in [1.54, 1.807) is 13.0 Å². The maximum atomic E-state index is 11.7. The molecule has 27 heavy (non-hydrogen) atoms. The largest absolute Gasteiger partial charge is 0.508 e. The Morgan fingerprint density at radius 1 is 1.26 bits per heavy atom. The summed E-state index contributed by atoms with van der Waals surface area (Å²) in [6, 6.07) is 5.65. The third-order valence-corrected chi connectivity index (χ3v) is 8.50. The summed E-state index contributed by atoms with van der Waals surface area (Å²) in [5, 5.41) is 33.8. The molecule has 0 bridgehead atoms. The zero-order chi connectivity index (χ0) is 19.6. The average molecular weight is 388 g/mol. The number of fused-ring (bicyclic) bond motifs is 3. The predicted octanol–water partition coefficient (Wildman–Crippen LogP) is 4.11. The van der Waals surface area contributed by atoms with E-state index < -0.39 is 11.2 Å². The molecular formula is C22H29NO3S. The van der Waals surface area contributed by atoms with Gasteiger partial charge in [0.1, 0.15) is 16.4 Å². The topological polar surface area (TPSA) is 73.6 Å². The molecule has 0 saturated heterocycles. The van der Waals surface area contributed by atoms with E-state index in [-0.39, 0.29) is 11.3 Å². The van der Waals surface area contributed by atoms with E-state index in [0.29, 0.717) is 23.6 Å². The Morgan fingerprint density at radius 3 is 2.63 bits per heavy atom. The summed E-state index contributed by atoms with van der Waals surface area (Å²) in [4.78, 5) is 5.71. The number of thiazole rings is 1. The van der Waals surface area contributed by atoms with E-state index in [1.807, 2.05) is 26.0 Å². The van der Waals surface area contributed by atoms with Gasteiger partial charge in [-0.15, -0.1) is 11.3 Å². The smallest absolute Gasteiger partial charge is 0.144 e. The molecule has 1 fully saturated rings. The van der Waals surface area contributed by atoms with Crippen LogP contribution in [0.2, 0.25) is 0 Å². The Bertz CT molecular complexity index is 870. The second kappa shape index (κ2) is 6.03. The molecule has 1 saturated carbocycles. The number of aryl methyl sites for hydroxylation is 3. The molecule has 5 heteroatoms. The molecule has 2 aliphatic carbocycles. The van der Waals surface area contributed by atoms with Crippen LogP contribution in [0, 0.1) is 19.8 Å². The van der Waals surface area contributed by atoms with Crippen molar-refractivity contribution in [2.75, 3.05) is 0 Å². The number of aromatic nitrogens is 1. The van der Waals surface area contributed by atoms with Gasteiger partial charge >= 0.3 is 0 Å². The van der Waals surface area contributed by atoms with E-state index in [2.05, 4.69) is 11.9 Å². The van der Waals surface area contributed by atoms with Crippen molar-refractivity contribution < 1.29 is 15.3 Å². The first-order valence-corrected chi connectivity index (χ1v) is 10.7. The molecule has 146 valence electrons. The zero-order valence-electron chi connectivity index (χ0n) is 16.5. The first kappa shape index (κ1) is 18.9. The molecule has 1 aromatic heterocycles. The van der Waals surface area contributed by atoms with Crippen LogP contribution in [0.3, 0.4) is 0 Å². The van der Waals surface area contributed by atoms with E-state index in [0.717, 1.165) is 29.8 Å². The lowest BCUT2D eigenvalue weighted by Crippen LogP contribution is -2.62. The highest BCUT2D eigenvalue weighted by atomic mass is 32.1. The fraction of sp³-hybridized carbons (Fsp3) is 0.591. The molecule has 4 rings (SSSR count). The number of aliphatic hydroxyl groups is 2. The van der Waals surface area contributed by atoms with Crippen molar-refractivity contribution in [3.05, 3.63) is 44.9 Å². The molecule has 3 unspecified atom stereocenters. The van der Waals surface area contributed by atoms with Crippen molar-refractivity contribution in [3.63, 3.8) is 0 Å². The van der Waals surface area contributed by atoms with Gasteiger partial charge in [-0.2, -0.15) is 0 Å². The molecule has 4 nitrogen and oxygen atoms in total. The van der Waals surface area contributed by atoms with Gasteiger partial charge in [0.25, 0.3) is 0 Å². The van der Waals surface area contributed by atoms with E-state index in [9.17, 15) is 15.3 Å². The van der Waals surface area contributed by atoms with Crippen LogP contribution in [0.15, 0.2) is 18.2 Å². The lowest BCUT2D eigenvalue weighted by molar-refractivity contribution is -0.205. The summed E-state index contributed by atoms with van der Waals surface area (Å²) in [7, 11) is 0. The van der Waals surface area contributed by atoms with Crippen LogP contribution in [0.25, 0.3) is 0 Å². The fourth-order valence-corrected chi connectivity index (χ4v) is 6.68. The Hall–Kier alpha value is -1.43. The van der Waals surface area contributed by atoms with Crippen LogP contribution in [-0.2, 0) is 17.4 Å². The fourth-order valence-electron chi connectivity index (χ4n) is 5.54. The second-order valence-electron chi connectivity index (χ2n) is 8.76. The number of phenols is 1. The van der Waals surface area contributed by atoms with Crippen LogP contribution in [0.5, 0.6) is 5.75 Å². The molecule has 1 aromatic carbocycles. The highest BCUT2D eigenvalue weighted by Gasteiger charge is 2.62. The summed E-state index contributed by atoms with van der Waals surface area (Å²) < 4.78 is 0. The SMILES string of the molecule is CCC12CC(C)(O)C(O)(c3nc(C)c(C)s3)C[C@H]1CCc1cc(O)ccc12. The van der Waals surface area contributed by atoms with Gasteiger partial charge in [0.2, 0.25) is 0 Å². The molecule has 0 aliphatic heterocycles. The summed E-state index contributed by atoms with van der Waals surface area (Å²) in [6.45, 7) is 7.90. The van der Waals surface area contributed by atoms with E-state index in [1.165, 1.54) is 22.5 Å². The van der Waals surface area contributed by atoms with Crippen LogP contribution < -0.4 is 0 Å². The predicted molar refractivity (Wildman–Crippen MR) is 107 cm³/mol. The highest BCUT2D eigenvalue weighted by molar-refractivity contribution is 7.11.